The molecule has 1 aromatic rings. The van der Waals surface area contributed by atoms with Crippen LogP contribution >= 0.6 is 0 Å². The molecule has 0 spiro atoms. The summed E-state index contributed by atoms with van der Waals surface area (Å²) in [7, 11) is 0. The summed E-state index contributed by atoms with van der Waals surface area (Å²) in [6.45, 7) is 0. The van der Waals surface area contributed by atoms with E-state index in [9.17, 15) is 9.59 Å². The van der Waals surface area contributed by atoms with Crippen LogP contribution < -0.4 is 0 Å². The van der Waals surface area contributed by atoms with Crippen molar-refractivity contribution in [3.8, 4) is 0 Å². The van der Waals surface area contributed by atoms with Crippen molar-refractivity contribution in [2.45, 2.75) is 0 Å². The van der Waals surface area contributed by atoms with Gasteiger partial charge in [0.15, 0.2) is 12.6 Å². The lowest BCUT2D eigenvalue weighted by molar-refractivity contribution is 0.109. The second kappa shape index (κ2) is 2.82. The fraction of sp³-hybridized carbons (Fsp3) is 0. The molecule has 4 nitrogen and oxygen atoms in total. The molecule has 0 saturated heterocycles. The molecule has 0 aliphatic rings. The molecule has 50 valence electrons. The van der Waals surface area contributed by atoms with Crippen LogP contribution in [0.4, 0.5) is 0 Å². The Morgan fingerprint density at radius 2 is 2.10 bits per heavy atom. The van der Waals surface area contributed by atoms with E-state index in [4.69, 9.17) is 0 Å². The zero-order chi connectivity index (χ0) is 7.40. The van der Waals surface area contributed by atoms with Gasteiger partial charge in [-0.2, -0.15) is 5.10 Å². The van der Waals surface area contributed by atoms with Crippen molar-refractivity contribution in [1.82, 2.24) is 10.2 Å². The van der Waals surface area contributed by atoms with Crippen molar-refractivity contribution >= 4 is 12.6 Å². The third-order valence-corrected chi connectivity index (χ3v) is 1.02. The Kier molecular flexibility index (Phi) is 1.84. The molecule has 10 heavy (non-hydrogen) atoms. The van der Waals surface area contributed by atoms with Gasteiger partial charge in [0, 0.05) is 5.56 Å². The lowest BCUT2D eigenvalue weighted by Crippen LogP contribution is -1.95. The first-order valence-corrected chi connectivity index (χ1v) is 2.60. The third kappa shape index (κ3) is 1.05. The van der Waals surface area contributed by atoms with E-state index in [0.29, 0.717) is 12.6 Å². The van der Waals surface area contributed by atoms with Crippen LogP contribution in [0, 0.1) is 0 Å². The first-order chi connectivity index (χ1) is 4.88. The molecule has 0 fully saturated rings. The van der Waals surface area contributed by atoms with Crippen LogP contribution in [0.3, 0.4) is 0 Å². The van der Waals surface area contributed by atoms with E-state index in [-0.39, 0.29) is 11.3 Å². The number of aldehydes is 2. The van der Waals surface area contributed by atoms with Gasteiger partial charge in [0.25, 0.3) is 0 Å². The van der Waals surface area contributed by atoms with Gasteiger partial charge in [-0.3, -0.25) is 9.59 Å². The fourth-order valence-corrected chi connectivity index (χ4v) is 0.544. The van der Waals surface area contributed by atoms with Crippen molar-refractivity contribution in [3.05, 3.63) is 23.5 Å². The van der Waals surface area contributed by atoms with Crippen LogP contribution in [0.15, 0.2) is 12.3 Å². The van der Waals surface area contributed by atoms with Crippen molar-refractivity contribution in [2.75, 3.05) is 0 Å². The van der Waals surface area contributed by atoms with Crippen molar-refractivity contribution < 1.29 is 9.59 Å². The molecular formula is C6H4N2O2. The van der Waals surface area contributed by atoms with Gasteiger partial charge in [-0.25, -0.2) is 0 Å². The highest BCUT2D eigenvalue weighted by Crippen LogP contribution is 1.95. The molecule has 0 amide bonds. The summed E-state index contributed by atoms with van der Waals surface area (Å²) >= 11 is 0. The number of carbonyl (C=O) groups is 2. The summed E-state index contributed by atoms with van der Waals surface area (Å²) in [5.41, 5.74) is 0.350. The van der Waals surface area contributed by atoms with E-state index in [2.05, 4.69) is 10.2 Å². The largest absolute Gasteiger partial charge is 0.298 e. The molecule has 0 bridgehead atoms. The second-order valence-electron chi connectivity index (χ2n) is 1.61. The average Bonchev–Trinajstić information content (AvgIpc) is 2.04. The van der Waals surface area contributed by atoms with Gasteiger partial charge < -0.3 is 0 Å². The first-order valence-electron chi connectivity index (χ1n) is 2.60. The molecule has 0 N–H and O–H groups in total. The monoisotopic (exact) mass is 136 g/mol. The minimum Gasteiger partial charge on any atom is -0.298 e. The third-order valence-electron chi connectivity index (χ3n) is 1.02. The molecular weight excluding hydrogens is 132 g/mol. The van der Waals surface area contributed by atoms with Gasteiger partial charge in [-0.15, -0.1) is 5.10 Å². The van der Waals surface area contributed by atoms with Crippen molar-refractivity contribution in [3.63, 3.8) is 0 Å². The van der Waals surface area contributed by atoms with E-state index in [0.717, 1.165) is 0 Å². The van der Waals surface area contributed by atoms with Gasteiger partial charge in [-0.05, 0) is 6.07 Å². The lowest BCUT2D eigenvalue weighted by atomic mass is 10.2. The van der Waals surface area contributed by atoms with Gasteiger partial charge >= 0.3 is 0 Å². The number of hydrogen-bond donors (Lipinski definition) is 0. The minimum atomic E-state index is 0.0810. The molecule has 0 saturated carbocycles. The summed E-state index contributed by atoms with van der Waals surface area (Å²) in [6, 6.07) is 1.43. The van der Waals surface area contributed by atoms with Gasteiger partial charge in [-0.1, -0.05) is 0 Å². The quantitative estimate of drug-likeness (QED) is 0.541. The number of hydrogen-bond acceptors (Lipinski definition) is 4. The Hall–Kier alpha value is -1.58. The summed E-state index contributed by atoms with van der Waals surface area (Å²) in [5, 5.41) is 6.84. The molecule has 1 heterocycles. The topological polar surface area (TPSA) is 59.9 Å². The lowest BCUT2D eigenvalue weighted by Gasteiger charge is -1.89. The van der Waals surface area contributed by atoms with Crippen LogP contribution in [0.25, 0.3) is 0 Å². The molecule has 1 rings (SSSR count). The van der Waals surface area contributed by atoms with E-state index >= 15 is 0 Å². The molecule has 0 aromatic carbocycles. The summed E-state index contributed by atoms with van der Waals surface area (Å²) in [6.07, 6.45) is 2.42. The Bertz CT molecular complexity index is 233. The number of aromatic nitrogens is 2. The Balaban J connectivity index is 3.20. The standard InChI is InChI=1S/C6H4N2O2/c9-3-5-1-2-7-8-6(5)4-10/h1-4H. The average molecular weight is 136 g/mol. The summed E-state index contributed by atoms with van der Waals surface area (Å²) < 4.78 is 0. The highest BCUT2D eigenvalue weighted by molar-refractivity contribution is 5.87. The number of carbonyl (C=O) groups excluding carboxylic acids is 2. The minimum absolute atomic E-state index is 0.0810. The maximum atomic E-state index is 10.2. The Labute approximate surface area is 56.9 Å². The zero-order valence-electron chi connectivity index (χ0n) is 5.02. The van der Waals surface area contributed by atoms with Crippen LogP contribution in [0.2, 0.25) is 0 Å². The zero-order valence-corrected chi connectivity index (χ0v) is 5.02. The molecule has 0 radical (unpaired) electrons. The highest BCUT2D eigenvalue weighted by atomic mass is 16.1. The van der Waals surface area contributed by atoms with E-state index < -0.39 is 0 Å². The maximum absolute atomic E-state index is 10.2. The first kappa shape index (κ1) is 6.54. The predicted octanol–water partition coefficient (Wildman–Crippen LogP) is 0.102. The molecule has 0 aliphatic carbocycles. The molecule has 0 aliphatic heterocycles. The van der Waals surface area contributed by atoms with Gasteiger partial charge in [0.1, 0.15) is 5.69 Å². The fourth-order valence-electron chi connectivity index (χ4n) is 0.544. The van der Waals surface area contributed by atoms with E-state index in [1.165, 1.54) is 12.3 Å². The molecule has 4 heteroatoms. The van der Waals surface area contributed by atoms with Crippen LogP contribution in [-0.4, -0.2) is 22.8 Å². The predicted molar refractivity (Wildman–Crippen MR) is 32.8 cm³/mol. The smallest absolute Gasteiger partial charge is 0.171 e. The summed E-state index contributed by atoms with van der Waals surface area (Å²) in [4.78, 5) is 20.3. The summed E-state index contributed by atoms with van der Waals surface area (Å²) in [5.74, 6) is 0. The van der Waals surface area contributed by atoms with Gasteiger partial charge in [0.05, 0.1) is 6.20 Å². The molecule has 1 aromatic heterocycles. The number of rotatable bonds is 2. The van der Waals surface area contributed by atoms with E-state index in [1.807, 2.05) is 0 Å². The van der Waals surface area contributed by atoms with Gasteiger partial charge in [0.2, 0.25) is 0 Å². The van der Waals surface area contributed by atoms with Crippen LogP contribution in [-0.2, 0) is 0 Å². The van der Waals surface area contributed by atoms with Crippen molar-refractivity contribution in [1.29, 1.82) is 0 Å². The van der Waals surface area contributed by atoms with E-state index in [1.54, 1.807) is 0 Å². The maximum Gasteiger partial charge on any atom is 0.171 e. The Morgan fingerprint density at radius 1 is 1.30 bits per heavy atom. The van der Waals surface area contributed by atoms with Crippen LogP contribution in [0.1, 0.15) is 20.8 Å². The Morgan fingerprint density at radius 3 is 2.60 bits per heavy atom. The SMILES string of the molecule is O=Cc1ccnnc1C=O. The second-order valence-corrected chi connectivity index (χ2v) is 1.61. The molecule has 0 atom stereocenters. The number of nitrogens with zero attached hydrogens (tertiary/aromatic N) is 2. The van der Waals surface area contributed by atoms with Crippen LogP contribution in [0.5, 0.6) is 0 Å². The normalized spacial score (nSPS) is 8.80. The molecule has 0 unspecified atom stereocenters. The highest BCUT2D eigenvalue weighted by Gasteiger charge is 1.98. The van der Waals surface area contributed by atoms with Crippen molar-refractivity contribution in [2.24, 2.45) is 0 Å².